The molecule has 1 aliphatic carbocycles. The van der Waals surface area contributed by atoms with Crippen LogP contribution in [-0.4, -0.2) is 37.6 Å². The highest BCUT2D eigenvalue weighted by Crippen LogP contribution is 2.36. The molecule has 0 amide bonds. The maximum atomic E-state index is 3.71. The van der Waals surface area contributed by atoms with Crippen LogP contribution in [0.25, 0.3) is 0 Å². The molecule has 16 heavy (non-hydrogen) atoms. The minimum absolute atomic E-state index is 0.582. The van der Waals surface area contributed by atoms with Gasteiger partial charge >= 0.3 is 0 Å². The van der Waals surface area contributed by atoms with Gasteiger partial charge < -0.3 is 10.2 Å². The topological polar surface area (TPSA) is 15.3 Å². The van der Waals surface area contributed by atoms with Crippen LogP contribution in [0.3, 0.4) is 0 Å². The van der Waals surface area contributed by atoms with Crippen LogP contribution in [0.2, 0.25) is 0 Å². The van der Waals surface area contributed by atoms with E-state index < -0.39 is 0 Å². The largest absolute Gasteiger partial charge is 0.312 e. The van der Waals surface area contributed by atoms with Crippen LogP contribution in [0.4, 0.5) is 0 Å². The molecule has 94 valence electrons. The van der Waals surface area contributed by atoms with E-state index in [4.69, 9.17) is 0 Å². The minimum Gasteiger partial charge on any atom is -0.312 e. The standard InChI is InChI=1S/C14H28N2/c1-5-10-15-11-12-16(4)13-6-8-14(2,3)9-7-13/h5,13,15H,1,6-12H2,2-4H3. The number of nitrogens with zero attached hydrogens (tertiary/aromatic N) is 1. The summed E-state index contributed by atoms with van der Waals surface area (Å²) in [6.07, 6.45) is 7.41. The molecule has 0 aromatic rings. The van der Waals surface area contributed by atoms with Crippen LogP contribution in [-0.2, 0) is 0 Å². The summed E-state index contributed by atoms with van der Waals surface area (Å²) in [6, 6.07) is 0.804. The molecular formula is C14H28N2. The van der Waals surface area contributed by atoms with E-state index in [2.05, 4.69) is 37.7 Å². The summed E-state index contributed by atoms with van der Waals surface area (Å²) in [5, 5.41) is 3.36. The second-order valence-corrected chi connectivity index (χ2v) is 5.87. The summed E-state index contributed by atoms with van der Waals surface area (Å²) in [6.45, 7) is 11.6. The predicted octanol–water partition coefficient (Wildman–Crippen LogP) is 2.66. The summed E-state index contributed by atoms with van der Waals surface area (Å²) < 4.78 is 0. The molecule has 0 radical (unpaired) electrons. The summed E-state index contributed by atoms with van der Waals surface area (Å²) in [4.78, 5) is 2.52. The second kappa shape index (κ2) is 6.41. The maximum absolute atomic E-state index is 3.71. The third-order valence-electron chi connectivity index (χ3n) is 3.86. The van der Waals surface area contributed by atoms with Gasteiger partial charge in [0.2, 0.25) is 0 Å². The maximum Gasteiger partial charge on any atom is 0.0132 e. The van der Waals surface area contributed by atoms with E-state index in [1.807, 2.05) is 6.08 Å². The molecular weight excluding hydrogens is 196 g/mol. The highest BCUT2D eigenvalue weighted by Gasteiger charge is 2.28. The third kappa shape index (κ3) is 4.67. The van der Waals surface area contributed by atoms with Gasteiger partial charge in [0.1, 0.15) is 0 Å². The van der Waals surface area contributed by atoms with Crippen LogP contribution in [0.5, 0.6) is 0 Å². The van der Waals surface area contributed by atoms with Crippen molar-refractivity contribution in [2.75, 3.05) is 26.7 Å². The van der Waals surface area contributed by atoms with E-state index in [1.165, 1.54) is 25.7 Å². The van der Waals surface area contributed by atoms with Crippen LogP contribution < -0.4 is 5.32 Å². The predicted molar refractivity (Wildman–Crippen MR) is 71.7 cm³/mol. The molecule has 0 aromatic carbocycles. The van der Waals surface area contributed by atoms with Crippen molar-refractivity contribution >= 4 is 0 Å². The lowest BCUT2D eigenvalue weighted by Gasteiger charge is -2.38. The molecule has 2 heteroatoms. The molecule has 1 N–H and O–H groups in total. The lowest BCUT2D eigenvalue weighted by atomic mass is 9.75. The Morgan fingerprint density at radius 1 is 1.38 bits per heavy atom. The van der Waals surface area contributed by atoms with Gasteiger partial charge in [-0.2, -0.15) is 0 Å². The Morgan fingerprint density at radius 3 is 2.56 bits per heavy atom. The molecule has 0 aliphatic heterocycles. The van der Waals surface area contributed by atoms with Gasteiger partial charge in [0.25, 0.3) is 0 Å². The van der Waals surface area contributed by atoms with Gasteiger partial charge in [-0.25, -0.2) is 0 Å². The second-order valence-electron chi connectivity index (χ2n) is 5.87. The Morgan fingerprint density at radius 2 is 2.00 bits per heavy atom. The average molecular weight is 224 g/mol. The van der Waals surface area contributed by atoms with Gasteiger partial charge in [0.15, 0.2) is 0 Å². The first-order valence-corrected chi connectivity index (χ1v) is 6.57. The van der Waals surface area contributed by atoms with Gasteiger partial charge in [-0.05, 0) is 38.1 Å². The fraction of sp³-hybridized carbons (Fsp3) is 0.857. The number of hydrogen-bond acceptors (Lipinski definition) is 2. The van der Waals surface area contributed by atoms with Gasteiger partial charge in [-0.3, -0.25) is 0 Å². The zero-order chi connectivity index (χ0) is 12.0. The molecule has 2 nitrogen and oxygen atoms in total. The van der Waals surface area contributed by atoms with E-state index >= 15 is 0 Å². The summed E-state index contributed by atoms with van der Waals surface area (Å²) >= 11 is 0. The van der Waals surface area contributed by atoms with Gasteiger partial charge in [0.05, 0.1) is 0 Å². The molecule has 0 bridgehead atoms. The molecule has 0 saturated heterocycles. The summed E-state index contributed by atoms with van der Waals surface area (Å²) in [5.74, 6) is 0. The van der Waals surface area contributed by atoms with Crippen molar-refractivity contribution in [3.05, 3.63) is 12.7 Å². The monoisotopic (exact) mass is 224 g/mol. The van der Waals surface area contributed by atoms with Crippen LogP contribution >= 0.6 is 0 Å². The van der Waals surface area contributed by atoms with Crippen LogP contribution in [0.15, 0.2) is 12.7 Å². The van der Waals surface area contributed by atoms with Gasteiger partial charge in [0, 0.05) is 25.7 Å². The molecule has 0 heterocycles. The van der Waals surface area contributed by atoms with E-state index in [0.717, 1.165) is 25.7 Å². The Labute approximate surface area is 101 Å². The quantitative estimate of drug-likeness (QED) is 0.551. The van der Waals surface area contributed by atoms with E-state index in [9.17, 15) is 0 Å². The average Bonchev–Trinajstić information content (AvgIpc) is 2.24. The minimum atomic E-state index is 0.582. The molecule has 1 saturated carbocycles. The van der Waals surface area contributed by atoms with Crippen molar-refractivity contribution in [1.29, 1.82) is 0 Å². The molecule has 0 atom stereocenters. The Kier molecular flexibility index (Phi) is 5.50. The van der Waals surface area contributed by atoms with Crippen molar-refractivity contribution in [1.82, 2.24) is 10.2 Å². The Balaban J connectivity index is 2.17. The van der Waals surface area contributed by atoms with Crippen molar-refractivity contribution < 1.29 is 0 Å². The van der Waals surface area contributed by atoms with Crippen molar-refractivity contribution in [2.45, 2.75) is 45.6 Å². The fourth-order valence-corrected chi connectivity index (χ4v) is 2.47. The number of likely N-dealkylation sites (N-methyl/N-ethyl adjacent to an activating group) is 1. The molecule has 0 unspecified atom stereocenters. The first-order valence-electron chi connectivity index (χ1n) is 6.57. The third-order valence-corrected chi connectivity index (χ3v) is 3.86. The summed E-state index contributed by atoms with van der Waals surface area (Å²) in [7, 11) is 2.26. The van der Waals surface area contributed by atoms with E-state index in [0.29, 0.717) is 5.41 Å². The fourth-order valence-electron chi connectivity index (χ4n) is 2.47. The zero-order valence-electron chi connectivity index (χ0n) is 11.3. The Bertz CT molecular complexity index is 201. The lowest BCUT2D eigenvalue weighted by Crippen LogP contribution is -2.40. The Hall–Kier alpha value is -0.340. The van der Waals surface area contributed by atoms with E-state index in [-0.39, 0.29) is 0 Å². The highest BCUT2D eigenvalue weighted by atomic mass is 15.1. The van der Waals surface area contributed by atoms with Crippen molar-refractivity contribution in [3.8, 4) is 0 Å². The molecule has 1 fully saturated rings. The lowest BCUT2D eigenvalue weighted by molar-refractivity contribution is 0.128. The smallest absolute Gasteiger partial charge is 0.0132 e. The highest BCUT2D eigenvalue weighted by molar-refractivity contribution is 4.83. The zero-order valence-corrected chi connectivity index (χ0v) is 11.3. The molecule has 1 rings (SSSR count). The summed E-state index contributed by atoms with van der Waals surface area (Å²) in [5.41, 5.74) is 0.582. The van der Waals surface area contributed by atoms with Crippen LogP contribution in [0, 0.1) is 5.41 Å². The van der Waals surface area contributed by atoms with Crippen molar-refractivity contribution in [3.63, 3.8) is 0 Å². The SMILES string of the molecule is C=CCNCCN(C)C1CCC(C)(C)CC1. The molecule has 0 spiro atoms. The normalized spacial score (nSPS) is 21.2. The van der Waals surface area contributed by atoms with Gasteiger partial charge in [-0.1, -0.05) is 19.9 Å². The molecule has 0 aromatic heterocycles. The first-order chi connectivity index (χ1) is 7.55. The van der Waals surface area contributed by atoms with Crippen molar-refractivity contribution in [2.24, 2.45) is 5.41 Å². The number of hydrogen-bond donors (Lipinski definition) is 1. The van der Waals surface area contributed by atoms with Gasteiger partial charge in [-0.15, -0.1) is 6.58 Å². The first kappa shape index (κ1) is 13.7. The number of nitrogens with one attached hydrogen (secondary N) is 1. The van der Waals surface area contributed by atoms with E-state index in [1.54, 1.807) is 0 Å². The number of rotatable bonds is 6. The molecule has 1 aliphatic rings. The van der Waals surface area contributed by atoms with Crippen LogP contribution in [0.1, 0.15) is 39.5 Å².